The van der Waals surface area contributed by atoms with Gasteiger partial charge >= 0.3 is 17.5 Å². The molecule has 0 aliphatic heterocycles. The number of aromatic carboxylic acids is 1. The number of carboxylic acids is 1. The van der Waals surface area contributed by atoms with Gasteiger partial charge in [-0.3, -0.25) is 0 Å². The van der Waals surface area contributed by atoms with Crippen molar-refractivity contribution >= 4 is 34.1 Å². The highest BCUT2D eigenvalue weighted by Crippen LogP contribution is 2.30. The van der Waals surface area contributed by atoms with E-state index in [1.54, 1.807) is 12.1 Å². The fourth-order valence-corrected chi connectivity index (χ4v) is 3.24. The molecular formula is C24H18N2O4S. The Hall–Kier alpha value is -4.15. The Kier molecular flexibility index (Phi) is 6.99. The number of anilines is 1. The highest BCUT2D eigenvalue weighted by molar-refractivity contribution is 7.51. The molecule has 0 radical (unpaired) electrons. The van der Waals surface area contributed by atoms with Crippen molar-refractivity contribution in [1.82, 2.24) is 4.98 Å². The molecule has 0 saturated heterocycles. The van der Waals surface area contributed by atoms with Crippen LogP contribution in [0.15, 0.2) is 72.9 Å². The van der Waals surface area contributed by atoms with Gasteiger partial charge in [-0.05, 0) is 53.4 Å². The smallest absolute Gasteiger partial charge is 0.336 e. The molecule has 0 bridgehead atoms. The molecule has 1 heterocycles. The van der Waals surface area contributed by atoms with Gasteiger partial charge in [0.1, 0.15) is 0 Å². The van der Waals surface area contributed by atoms with E-state index in [0.29, 0.717) is 11.1 Å². The molecule has 3 N–H and O–H groups in total. The first-order valence-corrected chi connectivity index (χ1v) is 9.89. The first-order chi connectivity index (χ1) is 15.1. The summed E-state index contributed by atoms with van der Waals surface area (Å²) in [5.41, 5.74) is 5.16. The predicted molar refractivity (Wildman–Crippen MR) is 122 cm³/mol. The lowest BCUT2D eigenvalue weighted by Gasteiger charge is -2.10. The van der Waals surface area contributed by atoms with E-state index in [-0.39, 0.29) is 5.56 Å². The largest absolute Gasteiger partial charge is 0.478 e. The van der Waals surface area contributed by atoms with Crippen molar-refractivity contribution in [2.75, 3.05) is 12.4 Å². The van der Waals surface area contributed by atoms with Crippen LogP contribution in [0.1, 0.15) is 21.5 Å². The van der Waals surface area contributed by atoms with Gasteiger partial charge in [0.05, 0.1) is 5.56 Å². The Labute approximate surface area is 182 Å². The highest BCUT2D eigenvalue weighted by Gasteiger charge is 2.15. The average molecular weight is 430 g/mol. The minimum Gasteiger partial charge on any atom is -0.478 e. The van der Waals surface area contributed by atoms with Crippen LogP contribution in [0, 0.1) is 11.8 Å². The van der Waals surface area contributed by atoms with Crippen molar-refractivity contribution in [3.63, 3.8) is 0 Å². The first kappa shape index (κ1) is 21.6. The number of aromatic amines is 1. The molecule has 3 aromatic carbocycles. The van der Waals surface area contributed by atoms with Gasteiger partial charge < -0.3 is 15.4 Å². The van der Waals surface area contributed by atoms with Gasteiger partial charge in [0, 0.05) is 41.1 Å². The van der Waals surface area contributed by atoms with Crippen molar-refractivity contribution in [2.45, 2.75) is 0 Å². The van der Waals surface area contributed by atoms with Gasteiger partial charge in [0.2, 0.25) is 0 Å². The molecule has 0 amide bonds. The van der Waals surface area contributed by atoms with Crippen LogP contribution in [-0.2, 0) is 11.6 Å². The van der Waals surface area contributed by atoms with Crippen LogP contribution in [0.5, 0.6) is 0 Å². The van der Waals surface area contributed by atoms with E-state index in [2.05, 4.69) is 22.1 Å². The standard InChI is InChI=1S/C24H18N2O2.O2S/c1-25-20-6-2-4-16(14-20)8-9-18-5-3-7-21(24(27)28)23(18)19-11-10-17-12-13-26-22(17)15-19;1-3-2/h2-7,10-15,25-26H,1H3,(H,27,28);. The molecule has 0 atom stereocenters. The third kappa shape index (κ3) is 5.07. The number of H-pyrrole nitrogens is 1. The molecule has 0 aliphatic rings. The maximum Gasteiger partial charge on any atom is 0.336 e. The van der Waals surface area contributed by atoms with E-state index in [0.717, 1.165) is 27.7 Å². The van der Waals surface area contributed by atoms with Crippen LogP contribution in [0.25, 0.3) is 22.0 Å². The number of hydrogen-bond acceptors (Lipinski definition) is 4. The molecule has 4 rings (SSSR count). The number of hydrogen-bond donors (Lipinski definition) is 3. The highest BCUT2D eigenvalue weighted by atomic mass is 32.1. The summed E-state index contributed by atoms with van der Waals surface area (Å²) in [5.74, 6) is 5.35. The number of nitrogens with one attached hydrogen (secondary N) is 2. The maximum atomic E-state index is 11.9. The van der Waals surface area contributed by atoms with Crippen molar-refractivity contribution in [3.05, 3.63) is 89.6 Å². The number of carboxylic acid groups (broad SMARTS) is 1. The molecule has 0 spiro atoms. The van der Waals surface area contributed by atoms with Gasteiger partial charge in [-0.1, -0.05) is 36.1 Å². The number of carbonyl (C=O) groups is 1. The lowest BCUT2D eigenvalue weighted by molar-refractivity contribution is 0.0697. The summed E-state index contributed by atoms with van der Waals surface area (Å²) in [6.07, 6.45) is 1.87. The fraction of sp³-hybridized carbons (Fsp3) is 0.0417. The topological polar surface area (TPSA) is 99.3 Å². The molecule has 6 nitrogen and oxygen atoms in total. The zero-order chi connectivity index (χ0) is 22.2. The van der Waals surface area contributed by atoms with Crippen LogP contribution in [0.3, 0.4) is 0 Å². The molecule has 0 fully saturated rings. The monoisotopic (exact) mass is 430 g/mol. The molecule has 1 aromatic heterocycles. The number of fused-ring (bicyclic) bond motifs is 1. The van der Waals surface area contributed by atoms with Crippen molar-refractivity contribution in [1.29, 1.82) is 0 Å². The van der Waals surface area contributed by atoms with Gasteiger partial charge in [-0.2, -0.15) is 8.42 Å². The number of benzene rings is 3. The van der Waals surface area contributed by atoms with Crippen molar-refractivity contribution < 1.29 is 18.3 Å². The molecular weight excluding hydrogens is 412 g/mol. The molecule has 154 valence electrons. The first-order valence-electron chi connectivity index (χ1n) is 9.23. The summed E-state index contributed by atoms with van der Waals surface area (Å²) in [6.45, 7) is 0. The normalized spacial score (nSPS) is 9.71. The zero-order valence-electron chi connectivity index (χ0n) is 16.5. The fourth-order valence-electron chi connectivity index (χ4n) is 3.24. The van der Waals surface area contributed by atoms with Gasteiger partial charge in [-0.25, -0.2) is 4.79 Å². The van der Waals surface area contributed by atoms with E-state index in [9.17, 15) is 9.90 Å². The maximum absolute atomic E-state index is 11.9. The third-order valence-corrected chi connectivity index (χ3v) is 4.63. The molecule has 0 unspecified atom stereocenters. The Morgan fingerprint density at radius 3 is 2.52 bits per heavy atom. The minimum atomic E-state index is -0.970. The van der Waals surface area contributed by atoms with Gasteiger partial charge in [-0.15, -0.1) is 0 Å². The van der Waals surface area contributed by atoms with E-state index < -0.39 is 17.5 Å². The van der Waals surface area contributed by atoms with Gasteiger partial charge in [0.25, 0.3) is 0 Å². The van der Waals surface area contributed by atoms with Crippen LogP contribution in [0.4, 0.5) is 5.69 Å². The summed E-state index contributed by atoms with van der Waals surface area (Å²) in [7, 11) is 1.86. The predicted octanol–water partition coefficient (Wildman–Crippen LogP) is 4.30. The Balaban J connectivity index is 0.000000858. The minimum absolute atomic E-state index is 0.238. The molecule has 31 heavy (non-hydrogen) atoms. The van der Waals surface area contributed by atoms with E-state index in [1.165, 1.54) is 0 Å². The summed E-state index contributed by atoms with van der Waals surface area (Å²) in [5, 5.41) is 13.9. The Morgan fingerprint density at radius 2 is 1.77 bits per heavy atom. The molecule has 0 aliphatic carbocycles. The summed E-state index contributed by atoms with van der Waals surface area (Å²) in [4.78, 5) is 15.0. The van der Waals surface area contributed by atoms with E-state index in [4.69, 9.17) is 8.42 Å². The van der Waals surface area contributed by atoms with Gasteiger partial charge in [0.15, 0.2) is 0 Å². The van der Waals surface area contributed by atoms with Crippen molar-refractivity contribution in [3.8, 4) is 23.0 Å². The summed E-state index contributed by atoms with van der Waals surface area (Å²) >= 11 is -0.750. The Morgan fingerprint density at radius 1 is 1.00 bits per heavy atom. The second-order valence-electron chi connectivity index (χ2n) is 6.46. The lowest BCUT2D eigenvalue weighted by atomic mass is 9.93. The quantitative estimate of drug-likeness (QED) is 0.421. The second-order valence-corrected chi connectivity index (χ2v) is 6.60. The van der Waals surface area contributed by atoms with Crippen LogP contribution in [0.2, 0.25) is 0 Å². The summed E-state index contributed by atoms with van der Waals surface area (Å²) < 4.78 is 16.6. The average Bonchev–Trinajstić information content (AvgIpc) is 3.26. The van der Waals surface area contributed by atoms with Crippen molar-refractivity contribution in [2.24, 2.45) is 0 Å². The Bertz CT molecular complexity index is 1340. The van der Waals surface area contributed by atoms with E-state index >= 15 is 0 Å². The summed E-state index contributed by atoms with van der Waals surface area (Å²) in [6, 6.07) is 20.8. The molecule has 0 saturated carbocycles. The third-order valence-electron chi connectivity index (χ3n) is 4.63. The number of rotatable bonds is 3. The second kappa shape index (κ2) is 10.1. The number of aromatic nitrogens is 1. The lowest BCUT2D eigenvalue weighted by Crippen LogP contribution is -2.01. The van der Waals surface area contributed by atoms with Crippen LogP contribution >= 0.6 is 0 Å². The zero-order valence-corrected chi connectivity index (χ0v) is 17.3. The molecule has 4 aromatic rings. The SMILES string of the molecule is CNc1cccc(C#Cc2cccc(C(=O)O)c2-c2ccc3cc[nH]c3c2)c1.O=S=O. The van der Waals surface area contributed by atoms with Crippen LogP contribution < -0.4 is 5.32 Å². The van der Waals surface area contributed by atoms with E-state index in [1.807, 2.05) is 67.8 Å². The molecule has 7 heteroatoms. The van der Waals surface area contributed by atoms with Crippen LogP contribution in [-0.4, -0.2) is 31.5 Å².